The van der Waals surface area contributed by atoms with Crippen molar-refractivity contribution in [3.8, 4) is 0 Å². The van der Waals surface area contributed by atoms with Gasteiger partial charge in [0.1, 0.15) is 0 Å². The van der Waals surface area contributed by atoms with Crippen LogP contribution in [0.15, 0.2) is 60.7 Å². The molecule has 0 spiro atoms. The number of nitrogens with one attached hydrogen (secondary N) is 1. The molecule has 1 unspecified atom stereocenters. The van der Waals surface area contributed by atoms with E-state index in [1.54, 1.807) is 0 Å². The maximum Gasteiger partial charge on any atom is 0.224 e. The molecule has 1 atom stereocenters. The van der Waals surface area contributed by atoms with Gasteiger partial charge in [-0.1, -0.05) is 67.6 Å². The lowest BCUT2D eigenvalue weighted by Gasteiger charge is -2.13. The molecular weight excluding hydrogens is 234 g/mol. The summed E-state index contributed by atoms with van der Waals surface area (Å²) >= 11 is 0. The second-order valence-electron chi connectivity index (χ2n) is 4.78. The minimum absolute atomic E-state index is 0.0778. The maximum absolute atomic E-state index is 11.8. The predicted molar refractivity (Wildman–Crippen MR) is 78.0 cm³/mol. The number of rotatable bonds is 5. The molecule has 0 radical (unpaired) electrons. The van der Waals surface area contributed by atoms with Crippen molar-refractivity contribution in [2.75, 3.05) is 6.54 Å². The highest BCUT2D eigenvalue weighted by Gasteiger charge is 2.07. The second-order valence-corrected chi connectivity index (χ2v) is 4.78. The minimum Gasteiger partial charge on any atom is -0.355 e. The molecule has 98 valence electrons. The Bertz CT molecular complexity index is 507. The lowest BCUT2D eigenvalue weighted by molar-refractivity contribution is -0.120. The molecule has 0 bridgehead atoms. The SMILES string of the molecule is CC(CNC(=O)Cc1ccccc1)c1ccccc1. The summed E-state index contributed by atoms with van der Waals surface area (Å²) in [7, 11) is 0. The number of carbonyl (C=O) groups is 1. The van der Waals surface area contributed by atoms with E-state index in [1.807, 2.05) is 48.5 Å². The Labute approximate surface area is 114 Å². The van der Waals surface area contributed by atoms with Crippen molar-refractivity contribution in [2.24, 2.45) is 0 Å². The molecule has 0 fully saturated rings. The van der Waals surface area contributed by atoms with E-state index in [9.17, 15) is 4.79 Å². The summed E-state index contributed by atoms with van der Waals surface area (Å²) < 4.78 is 0. The Balaban J connectivity index is 1.81. The predicted octanol–water partition coefficient (Wildman–Crippen LogP) is 3.15. The van der Waals surface area contributed by atoms with E-state index in [0.29, 0.717) is 18.9 Å². The lowest BCUT2D eigenvalue weighted by atomic mass is 10.0. The summed E-state index contributed by atoms with van der Waals surface area (Å²) in [5, 5.41) is 2.99. The van der Waals surface area contributed by atoms with Crippen LogP contribution in [0.4, 0.5) is 0 Å². The van der Waals surface area contributed by atoms with E-state index in [-0.39, 0.29) is 5.91 Å². The summed E-state index contributed by atoms with van der Waals surface area (Å²) in [6.45, 7) is 2.80. The van der Waals surface area contributed by atoms with E-state index >= 15 is 0 Å². The smallest absolute Gasteiger partial charge is 0.224 e. The van der Waals surface area contributed by atoms with Crippen LogP contribution in [0.25, 0.3) is 0 Å². The van der Waals surface area contributed by atoms with Gasteiger partial charge in [-0.25, -0.2) is 0 Å². The van der Waals surface area contributed by atoms with Crippen LogP contribution in [0, 0.1) is 0 Å². The fourth-order valence-corrected chi connectivity index (χ4v) is 2.01. The third-order valence-electron chi connectivity index (χ3n) is 3.18. The van der Waals surface area contributed by atoms with Crippen molar-refractivity contribution in [1.29, 1.82) is 0 Å². The summed E-state index contributed by atoms with van der Waals surface area (Å²) in [5.74, 6) is 0.412. The molecule has 2 heteroatoms. The summed E-state index contributed by atoms with van der Waals surface area (Å²) in [6, 6.07) is 20.0. The number of benzene rings is 2. The molecule has 2 aromatic rings. The van der Waals surface area contributed by atoms with Crippen molar-refractivity contribution in [3.63, 3.8) is 0 Å². The van der Waals surface area contributed by atoms with Gasteiger partial charge in [0, 0.05) is 6.54 Å². The van der Waals surface area contributed by atoms with Gasteiger partial charge >= 0.3 is 0 Å². The summed E-state index contributed by atoms with van der Waals surface area (Å²) in [6.07, 6.45) is 0.447. The molecule has 0 aliphatic rings. The number of amides is 1. The van der Waals surface area contributed by atoms with Crippen LogP contribution in [0.5, 0.6) is 0 Å². The Morgan fingerprint density at radius 2 is 1.58 bits per heavy atom. The first-order chi connectivity index (χ1) is 9.25. The quantitative estimate of drug-likeness (QED) is 0.871. The van der Waals surface area contributed by atoms with Crippen LogP contribution in [0.1, 0.15) is 24.0 Å². The summed E-state index contributed by atoms with van der Waals surface area (Å²) in [4.78, 5) is 11.8. The van der Waals surface area contributed by atoms with E-state index < -0.39 is 0 Å². The first-order valence-corrected chi connectivity index (χ1v) is 6.61. The van der Waals surface area contributed by atoms with Gasteiger partial charge in [0.25, 0.3) is 0 Å². The molecule has 19 heavy (non-hydrogen) atoms. The van der Waals surface area contributed by atoms with Gasteiger partial charge in [-0.05, 0) is 17.0 Å². The van der Waals surface area contributed by atoms with Crippen LogP contribution < -0.4 is 5.32 Å². The molecule has 1 N–H and O–H groups in total. The van der Waals surface area contributed by atoms with Gasteiger partial charge in [0.05, 0.1) is 6.42 Å². The Kier molecular flexibility index (Phi) is 4.73. The van der Waals surface area contributed by atoms with Gasteiger partial charge < -0.3 is 5.32 Å². The molecule has 1 amide bonds. The molecule has 0 heterocycles. The normalized spacial score (nSPS) is 11.8. The highest BCUT2D eigenvalue weighted by molar-refractivity contribution is 5.78. The van der Waals surface area contributed by atoms with Gasteiger partial charge in [-0.3, -0.25) is 4.79 Å². The third kappa shape index (κ3) is 4.25. The van der Waals surface area contributed by atoms with Crippen molar-refractivity contribution in [1.82, 2.24) is 5.32 Å². The zero-order valence-corrected chi connectivity index (χ0v) is 11.2. The number of hydrogen-bond donors (Lipinski definition) is 1. The van der Waals surface area contributed by atoms with Gasteiger partial charge in [-0.2, -0.15) is 0 Å². The molecule has 0 aliphatic carbocycles. The Hall–Kier alpha value is -2.09. The average Bonchev–Trinajstić information content (AvgIpc) is 2.47. The zero-order valence-electron chi connectivity index (χ0n) is 11.2. The van der Waals surface area contributed by atoms with Crippen molar-refractivity contribution in [2.45, 2.75) is 19.3 Å². The van der Waals surface area contributed by atoms with Gasteiger partial charge in [-0.15, -0.1) is 0 Å². The fourth-order valence-electron chi connectivity index (χ4n) is 2.01. The van der Waals surface area contributed by atoms with Crippen molar-refractivity contribution >= 4 is 5.91 Å². The van der Waals surface area contributed by atoms with Crippen LogP contribution in [-0.4, -0.2) is 12.5 Å². The molecule has 0 aromatic heterocycles. The van der Waals surface area contributed by atoms with Gasteiger partial charge in [0.2, 0.25) is 5.91 Å². The zero-order chi connectivity index (χ0) is 13.5. The van der Waals surface area contributed by atoms with Crippen LogP contribution >= 0.6 is 0 Å². The lowest BCUT2D eigenvalue weighted by Crippen LogP contribution is -2.28. The number of carbonyl (C=O) groups excluding carboxylic acids is 1. The average molecular weight is 253 g/mol. The topological polar surface area (TPSA) is 29.1 Å². The second kappa shape index (κ2) is 6.74. The van der Waals surface area contributed by atoms with Crippen LogP contribution in [0.3, 0.4) is 0 Å². The first kappa shape index (κ1) is 13.3. The van der Waals surface area contributed by atoms with E-state index in [0.717, 1.165) is 5.56 Å². The fraction of sp³-hybridized carbons (Fsp3) is 0.235. The molecule has 0 aliphatic heterocycles. The van der Waals surface area contributed by atoms with Gasteiger partial charge in [0.15, 0.2) is 0 Å². The summed E-state index contributed by atoms with van der Waals surface area (Å²) in [5.41, 5.74) is 2.30. The number of hydrogen-bond acceptors (Lipinski definition) is 1. The minimum atomic E-state index is 0.0778. The molecule has 2 nitrogen and oxygen atoms in total. The monoisotopic (exact) mass is 253 g/mol. The molecule has 0 saturated carbocycles. The van der Waals surface area contributed by atoms with Crippen LogP contribution in [-0.2, 0) is 11.2 Å². The Morgan fingerprint density at radius 1 is 1.00 bits per heavy atom. The molecular formula is C17H19NO. The van der Waals surface area contributed by atoms with Crippen molar-refractivity contribution in [3.05, 3.63) is 71.8 Å². The standard InChI is InChI=1S/C17H19NO/c1-14(16-10-6-3-7-11-16)13-18-17(19)12-15-8-4-2-5-9-15/h2-11,14H,12-13H2,1H3,(H,18,19). The Morgan fingerprint density at radius 3 is 2.21 bits per heavy atom. The molecule has 2 aromatic carbocycles. The highest BCUT2D eigenvalue weighted by atomic mass is 16.1. The van der Waals surface area contributed by atoms with E-state index in [4.69, 9.17) is 0 Å². The third-order valence-corrected chi connectivity index (χ3v) is 3.18. The van der Waals surface area contributed by atoms with Crippen LogP contribution in [0.2, 0.25) is 0 Å². The molecule has 0 saturated heterocycles. The largest absolute Gasteiger partial charge is 0.355 e. The highest BCUT2D eigenvalue weighted by Crippen LogP contribution is 2.13. The molecule has 2 rings (SSSR count). The maximum atomic E-state index is 11.8. The van der Waals surface area contributed by atoms with E-state index in [1.165, 1.54) is 5.56 Å². The van der Waals surface area contributed by atoms with E-state index in [2.05, 4.69) is 24.4 Å². The van der Waals surface area contributed by atoms with Crippen molar-refractivity contribution < 1.29 is 4.79 Å². The first-order valence-electron chi connectivity index (χ1n) is 6.61.